The first-order valence-electron chi connectivity index (χ1n) is 8.34. The fourth-order valence-corrected chi connectivity index (χ4v) is 2.79. The molecular weight excluding hydrogens is 344 g/mol. The van der Waals surface area contributed by atoms with E-state index in [1.165, 1.54) is 13.2 Å². The number of esters is 1. The molecule has 0 saturated heterocycles. The van der Waals surface area contributed by atoms with E-state index in [1.54, 1.807) is 38.5 Å². The molecule has 0 amide bonds. The maximum Gasteiger partial charge on any atom is 0.336 e. The molecule has 0 saturated carbocycles. The topological polar surface area (TPSA) is 54.0 Å². The zero-order chi connectivity index (χ0) is 19.2. The summed E-state index contributed by atoms with van der Waals surface area (Å²) in [4.78, 5) is 12.3. The molecule has 5 nitrogen and oxygen atoms in total. The van der Waals surface area contributed by atoms with Gasteiger partial charge in [0.1, 0.15) is 5.75 Å². The van der Waals surface area contributed by atoms with Gasteiger partial charge in [0.15, 0.2) is 11.5 Å². The van der Waals surface area contributed by atoms with Gasteiger partial charge >= 0.3 is 5.97 Å². The van der Waals surface area contributed by atoms with Crippen molar-refractivity contribution in [2.75, 3.05) is 21.3 Å². The number of benzene rings is 3. The maximum absolute atomic E-state index is 12.3. The van der Waals surface area contributed by atoms with Crippen LogP contribution in [0.1, 0.15) is 5.56 Å². The zero-order valence-corrected chi connectivity index (χ0v) is 15.4. The first-order valence-corrected chi connectivity index (χ1v) is 8.34. The Labute approximate surface area is 157 Å². The third-order valence-corrected chi connectivity index (χ3v) is 4.06. The minimum atomic E-state index is -0.472. The Bertz CT molecular complexity index is 961. The van der Waals surface area contributed by atoms with Crippen molar-refractivity contribution in [1.29, 1.82) is 0 Å². The van der Waals surface area contributed by atoms with Crippen LogP contribution in [0.15, 0.2) is 60.7 Å². The molecule has 0 heterocycles. The van der Waals surface area contributed by atoms with Gasteiger partial charge in [0.2, 0.25) is 5.75 Å². The fourth-order valence-electron chi connectivity index (χ4n) is 2.79. The molecule has 3 aromatic rings. The lowest BCUT2D eigenvalue weighted by atomic mass is 10.1. The summed E-state index contributed by atoms with van der Waals surface area (Å²) in [6.45, 7) is 0. The van der Waals surface area contributed by atoms with E-state index in [0.29, 0.717) is 23.0 Å². The van der Waals surface area contributed by atoms with E-state index in [1.807, 2.05) is 36.4 Å². The number of fused-ring (bicyclic) bond motifs is 1. The Balaban J connectivity index is 1.82. The van der Waals surface area contributed by atoms with Crippen molar-refractivity contribution in [3.63, 3.8) is 0 Å². The Morgan fingerprint density at radius 2 is 1.48 bits per heavy atom. The van der Waals surface area contributed by atoms with Gasteiger partial charge in [-0.2, -0.15) is 0 Å². The van der Waals surface area contributed by atoms with Crippen molar-refractivity contribution in [2.45, 2.75) is 0 Å². The highest BCUT2D eigenvalue weighted by atomic mass is 16.5. The third kappa shape index (κ3) is 4.03. The van der Waals surface area contributed by atoms with Gasteiger partial charge in [0.05, 0.1) is 21.3 Å². The molecule has 138 valence electrons. The highest BCUT2D eigenvalue weighted by Gasteiger charge is 2.12. The summed E-state index contributed by atoms with van der Waals surface area (Å²) in [5, 5.41) is 1.89. The molecule has 0 aromatic heterocycles. The van der Waals surface area contributed by atoms with Gasteiger partial charge in [-0.05, 0) is 35.2 Å². The highest BCUT2D eigenvalue weighted by Crippen LogP contribution is 2.38. The van der Waals surface area contributed by atoms with Crippen LogP contribution in [0.25, 0.3) is 16.8 Å². The summed E-state index contributed by atoms with van der Waals surface area (Å²) in [5.41, 5.74) is 0.722. The quantitative estimate of drug-likeness (QED) is 0.367. The second-order valence-corrected chi connectivity index (χ2v) is 5.69. The minimum Gasteiger partial charge on any atom is -0.493 e. The minimum absolute atomic E-state index is 0.472. The zero-order valence-electron chi connectivity index (χ0n) is 15.4. The smallest absolute Gasteiger partial charge is 0.336 e. The van der Waals surface area contributed by atoms with Gasteiger partial charge in [-0.3, -0.25) is 0 Å². The predicted octanol–water partition coefficient (Wildman–Crippen LogP) is 4.48. The summed E-state index contributed by atoms with van der Waals surface area (Å²) in [6, 6.07) is 16.8. The van der Waals surface area contributed by atoms with Crippen LogP contribution in [-0.2, 0) is 4.79 Å². The summed E-state index contributed by atoms with van der Waals surface area (Å²) in [6.07, 6.45) is 3.00. The number of carbonyl (C=O) groups is 1. The third-order valence-electron chi connectivity index (χ3n) is 4.06. The summed E-state index contributed by atoms with van der Waals surface area (Å²) in [5.74, 6) is 1.57. The van der Waals surface area contributed by atoms with Crippen molar-refractivity contribution in [3.05, 3.63) is 66.2 Å². The number of methoxy groups -OCH3 is 3. The number of hydrogen-bond donors (Lipinski definition) is 0. The SMILES string of the molecule is COc1cc(/C=C/C(=O)Oc2cccc3ccccc23)cc(OC)c1OC. The number of ether oxygens (including phenoxy) is 4. The van der Waals surface area contributed by atoms with Crippen LogP contribution in [0.3, 0.4) is 0 Å². The molecular formula is C22H20O5. The Morgan fingerprint density at radius 1 is 0.815 bits per heavy atom. The van der Waals surface area contributed by atoms with E-state index in [2.05, 4.69) is 0 Å². The summed E-state index contributed by atoms with van der Waals surface area (Å²) in [7, 11) is 4.62. The van der Waals surface area contributed by atoms with Crippen molar-refractivity contribution < 1.29 is 23.7 Å². The molecule has 0 aliphatic rings. The molecule has 3 aromatic carbocycles. The first kappa shape index (κ1) is 18.3. The summed E-state index contributed by atoms with van der Waals surface area (Å²) < 4.78 is 21.4. The normalized spacial score (nSPS) is 10.8. The van der Waals surface area contributed by atoms with E-state index in [-0.39, 0.29) is 0 Å². The van der Waals surface area contributed by atoms with E-state index in [9.17, 15) is 4.79 Å². The van der Waals surface area contributed by atoms with Crippen molar-refractivity contribution in [2.24, 2.45) is 0 Å². The van der Waals surface area contributed by atoms with Crippen LogP contribution in [0.5, 0.6) is 23.0 Å². The van der Waals surface area contributed by atoms with Crippen LogP contribution < -0.4 is 18.9 Å². The van der Waals surface area contributed by atoms with E-state index in [4.69, 9.17) is 18.9 Å². The molecule has 27 heavy (non-hydrogen) atoms. The molecule has 5 heteroatoms. The highest BCUT2D eigenvalue weighted by molar-refractivity contribution is 5.94. The number of carbonyl (C=O) groups excluding carboxylic acids is 1. The molecule has 0 radical (unpaired) electrons. The van der Waals surface area contributed by atoms with Gasteiger partial charge in [-0.25, -0.2) is 4.79 Å². The number of hydrogen-bond acceptors (Lipinski definition) is 5. The van der Waals surface area contributed by atoms with Gasteiger partial charge in [0.25, 0.3) is 0 Å². The van der Waals surface area contributed by atoms with Crippen LogP contribution >= 0.6 is 0 Å². The second-order valence-electron chi connectivity index (χ2n) is 5.69. The Morgan fingerprint density at radius 3 is 2.15 bits per heavy atom. The summed E-state index contributed by atoms with van der Waals surface area (Å²) >= 11 is 0. The lowest BCUT2D eigenvalue weighted by Crippen LogP contribution is -2.04. The standard InChI is InChI=1S/C22H20O5/c1-24-19-13-15(14-20(25-2)22(19)26-3)11-12-21(23)27-18-10-6-8-16-7-4-5-9-17(16)18/h4-14H,1-3H3/b12-11+. The van der Waals surface area contributed by atoms with Gasteiger partial charge in [-0.15, -0.1) is 0 Å². The monoisotopic (exact) mass is 364 g/mol. The second kappa shape index (κ2) is 8.27. The lowest BCUT2D eigenvalue weighted by molar-refractivity contribution is -0.128. The van der Waals surface area contributed by atoms with Crippen molar-refractivity contribution in [3.8, 4) is 23.0 Å². The average molecular weight is 364 g/mol. The van der Waals surface area contributed by atoms with Crippen LogP contribution in [-0.4, -0.2) is 27.3 Å². The Kier molecular flexibility index (Phi) is 5.61. The lowest BCUT2D eigenvalue weighted by Gasteiger charge is -2.12. The molecule has 0 unspecified atom stereocenters. The van der Waals surface area contributed by atoms with Crippen LogP contribution in [0.4, 0.5) is 0 Å². The molecule has 0 N–H and O–H groups in total. The molecule has 0 atom stereocenters. The van der Waals surface area contributed by atoms with Crippen LogP contribution in [0.2, 0.25) is 0 Å². The molecule has 0 bridgehead atoms. The molecule has 3 rings (SSSR count). The van der Waals surface area contributed by atoms with Crippen LogP contribution in [0, 0.1) is 0 Å². The molecule has 0 spiro atoms. The fraction of sp³-hybridized carbons (Fsp3) is 0.136. The molecule has 0 aliphatic heterocycles. The van der Waals surface area contributed by atoms with Crippen molar-refractivity contribution in [1.82, 2.24) is 0 Å². The molecule has 0 fully saturated rings. The van der Waals surface area contributed by atoms with E-state index < -0.39 is 5.97 Å². The van der Waals surface area contributed by atoms with Crippen molar-refractivity contribution >= 4 is 22.8 Å². The Hall–Kier alpha value is -3.47. The molecule has 0 aliphatic carbocycles. The maximum atomic E-state index is 12.3. The first-order chi connectivity index (χ1) is 13.2. The predicted molar refractivity (Wildman–Crippen MR) is 105 cm³/mol. The van der Waals surface area contributed by atoms with Gasteiger partial charge in [0, 0.05) is 11.5 Å². The average Bonchev–Trinajstić information content (AvgIpc) is 2.71. The van der Waals surface area contributed by atoms with Gasteiger partial charge < -0.3 is 18.9 Å². The largest absolute Gasteiger partial charge is 0.493 e. The van der Waals surface area contributed by atoms with E-state index >= 15 is 0 Å². The number of rotatable bonds is 6. The van der Waals surface area contributed by atoms with Gasteiger partial charge in [-0.1, -0.05) is 36.4 Å². The van der Waals surface area contributed by atoms with E-state index in [0.717, 1.165) is 16.3 Å².